The van der Waals surface area contributed by atoms with Crippen LogP contribution in [0.4, 0.5) is 10.1 Å². The zero-order chi connectivity index (χ0) is 28.0. The SMILES string of the molecule is CCN(CC)CCNc1c(F)cc2c(=O)c(C(=O)N3CCN(C)CC3)cn3c2c1Oc1cc2ccccc2cc1-3. The molecule has 4 aromatic rings. The van der Waals surface area contributed by atoms with Crippen molar-refractivity contribution in [2.24, 2.45) is 0 Å². The molecule has 1 saturated heterocycles. The summed E-state index contributed by atoms with van der Waals surface area (Å²) in [5.74, 6) is -0.125. The van der Waals surface area contributed by atoms with Gasteiger partial charge in [0.15, 0.2) is 17.3 Å². The second-order valence-electron chi connectivity index (χ2n) is 10.5. The van der Waals surface area contributed by atoms with Crippen LogP contribution in [0.3, 0.4) is 0 Å². The average molecular weight is 544 g/mol. The summed E-state index contributed by atoms with van der Waals surface area (Å²) in [6, 6.07) is 13.1. The molecule has 3 heterocycles. The molecule has 40 heavy (non-hydrogen) atoms. The molecule has 0 spiro atoms. The third kappa shape index (κ3) is 4.49. The zero-order valence-electron chi connectivity index (χ0n) is 23.2. The molecule has 1 fully saturated rings. The van der Waals surface area contributed by atoms with E-state index in [0.29, 0.717) is 36.6 Å². The van der Waals surface area contributed by atoms with Crippen LogP contribution >= 0.6 is 0 Å². The molecule has 208 valence electrons. The lowest BCUT2D eigenvalue weighted by molar-refractivity contribution is 0.0662. The number of piperazine rings is 1. The van der Waals surface area contributed by atoms with Crippen LogP contribution in [0.15, 0.2) is 53.5 Å². The summed E-state index contributed by atoms with van der Waals surface area (Å²) >= 11 is 0. The van der Waals surface area contributed by atoms with Crippen LogP contribution in [0, 0.1) is 5.82 Å². The van der Waals surface area contributed by atoms with Crippen molar-refractivity contribution < 1.29 is 13.9 Å². The predicted octanol–water partition coefficient (Wildman–Crippen LogP) is 4.53. The molecular formula is C31H34FN5O3. The van der Waals surface area contributed by atoms with E-state index in [2.05, 4.69) is 29.0 Å². The Morgan fingerprint density at radius 1 is 1.05 bits per heavy atom. The van der Waals surface area contributed by atoms with Crippen LogP contribution < -0.4 is 15.5 Å². The third-order valence-corrected chi connectivity index (χ3v) is 8.14. The number of pyridine rings is 1. The van der Waals surface area contributed by atoms with Crippen LogP contribution in [0.5, 0.6) is 11.5 Å². The number of benzene rings is 3. The van der Waals surface area contributed by atoms with Crippen molar-refractivity contribution in [1.82, 2.24) is 19.3 Å². The second-order valence-corrected chi connectivity index (χ2v) is 10.5. The molecule has 0 unspecified atom stereocenters. The number of nitrogens with one attached hydrogen (secondary N) is 1. The molecule has 1 N–H and O–H groups in total. The van der Waals surface area contributed by atoms with Crippen LogP contribution in [0.1, 0.15) is 24.2 Å². The summed E-state index contributed by atoms with van der Waals surface area (Å²) in [6.45, 7) is 9.75. The minimum Gasteiger partial charge on any atom is -0.451 e. The Balaban J connectivity index is 1.53. The van der Waals surface area contributed by atoms with Gasteiger partial charge in [0.05, 0.1) is 11.1 Å². The Kier molecular flexibility index (Phi) is 6.93. The highest BCUT2D eigenvalue weighted by molar-refractivity contribution is 6.02. The van der Waals surface area contributed by atoms with Gasteiger partial charge in [0, 0.05) is 45.5 Å². The summed E-state index contributed by atoms with van der Waals surface area (Å²) in [4.78, 5) is 33.5. The molecule has 8 nitrogen and oxygen atoms in total. The minimum absolute atomic E-state index is 0.0330. The van der Waals surface area contributed by atoms with Gasteiger partial charge >= 0.3 is 0 Å². The number of aromatic nitrogens is 1. The third-order valence-electron chi connectivity index (χ3n) is 8.14. The van der Waals surface area contributed by atoms with Gasteiger partial charge in [-0.2, -0.15) is 0 Å². The van der Waals surface area contributed by atoms with Crippen molar-refractivity contribution in [2.45, 2.75) is 13.8 Å². The lowest BCUT2D eigenvalue weighted by Gasteiger charge is -2.32. The maximum atomic E-state index is 15.7. The number of anilines is 1. The number of carbonyl (C=O) groups is 1. The normalized spacial score (nSPS) is 15.0. The molecule has 9 heteroatoms. The van der Waals surface area contributed by atoms with Gasteiger partial charge < -0.3 is 29.3 Å². The molecule has 3 aromatic carbocycles. The number of likely N-dealkylation sites (N-methyl/N-ethyl adjacent to an activating group) is 2. The number of halogens is 1. The molecule has 2 aliphatic heterocycles. The summed E-state index contributed by atoms with van der Waals surface area (Å²) in [7, 11) is 2.01. The Labute approximate surface area is 232 Å². The number of rotatable bonds is 7. The Hall–Kier alpha value is -3.95. The van der Waals surface area contributed by atoms with Gasteiger partial charge in [-0.25, -0.2) is 4.39 Å². The molecular weight excluding hydrogens is 509 g/mol. The first-order chi connectivity index (χ1) is 19.4. The number of fused-ring (bicyclic) bond motifs is 3. The molecule has 6 rings (SSSR count). The van der Waals surface area contributed by atoms with Gasteiger partial charge in [-0.3, -0.25) is 9.59 Å². The number of carbonyl (C=O) groups excluding carboxylic acids is 1. The number of amides is 1. The monoisotopic (exact) mass is 543 g/mol. The minimum atomic E-state index is -0.584. The Bertz CT molecular complexity index is 1670. The van der Waals surface area contributed by atoms with Crippen molar-refractivity contribution in [2.75, 3.05) is 64.7 Å². The maximum absolute atomic E-state index is 15.7. The van der Waals surface area contributed by atoms with Crippen LogP contribution in [0.25, 0.3) is 27.4 Å². The first kappa shape index (κ1) is 26.3. The lowest BCUT2D eigenvalue weighted by Crippen LogP contribution is -2.48. The molecule has 1 amide bonds. The van der Waals surface area contributed by atoms with Gasteiger partial charge in [0.2, 0.25) is 5.43 Å². The van der Waals surface area contributed by atoms with E-state index in [9.17, 15) is 9.59 Å². The standard InChI is InChI=1S/C31H34FN5O3/c1-4-35(5-2)11-10-33-27-24(32)18-22-28-30(27)40-26-17-21-9-7-6-8-20(21)16-25(26)37(28)19-23(29(22)38)31(39)36-14-12-34(3)13-15-36/h6-9,16-19,33H,4-5,10-15H2,1-3H3. The zero-order valence-corrected chi connectivity index (χ0v) is 23.2. The molecule has 0 aliphatic carbocycles. The van der Waals surface area contributed by atoms with Crippen molar-refractivity contribution >= 4 is 33.3 Å². The molecule has 0 saturated carbocycles. The van der Waals surface area contributed by atoms with E-state index in [1.807, 2.05) is 48.0 Å². The Morgan fingerprint density at radius 3 is 2.45 bits per heavy atom. The molecule has 0 bridgehead atoms. The molecule has 0 radical (unpaired) electrons. The smallest absolute Gasteiger partial charge is 0.259 e. The molecule has 1 aromatic heterocycles. The first-order valence-electron chi connectivity index (χ1n) is 14.0. The second kappa shape index (κ2) is 10.6. The fourth-order valence-corrected chi connectivity index (χ4v) is 5.68. The van der Waals surface area contributed by atoms with E-state index < -0.39 is 11.2 Å². The highest BCUT2D eigenvalue weighted by atomic mass is 19.1. The largest absolute Gasteiger partial charge is 0.451 e. The number of hydrogen-bond donors (Lipinski definition) is 1. The van der Waals surface area contributed by atoms with E-state index >= 15 is 4.39 Å². The highest BCUT2D eigenvalue weighted by Crippen LogP contribution is 2.46. The van der Waals surface area contributed by atoms with E-state index in [1.165, 1.54) is 6.07 Å². The van der Waals surface area contributed by atoms with E-state index in [4.69, 9.17) is 4.74 Å². The summed E-state index contributed by atoms with van der Waals surface area (Å²) in [5.41, 5.74) is 0.909. The number of ether oxygens (including phenoxy) is 1. The van der Waals surface area contributed by atoms with E-state index in [-0.39, 0.29) is 28.3 Å². The van der Waals surface area contributed by atoms with Crippen molar-refractivity contribution in [3.05, 3.63) is 70.3 Å². The van der Waals surface area contributed by atoms with E-state index in [0.717, 1.165) is 43.5 Å². The maximum Gasteiger partial charge on any atom is 0.259 e. The Morgan fingerprint density at radius 2 is 1.75 bits per heavy atom. The predicted molar refractivity (Wildman–Crippen MR) is 157 cm³/mol. The van der Waals surface area contributed by atoms with Crippen LogP contribution in [-0.4, -0.2) is 84.6 Å². The van der Waals surface area contributed by atoms with Gasteiger partial charge in [-0.15, -0.1) is 0 Å². The molecule has 0 atom stereocenters. The summed E-state index contributed by atoms with van der Waals surface area (Å²) < 4.78 is 24.0. The fourth-order valence-electron chi connectivity index (χ4n) is 5.68. The number of nitrogens with zero attached hydrogens (tertiary/aromatic N) is 4. The van der Waals surface area contributed by atoms with Crippen LogP contribution in [-0.2, 0) is 0 Å². The van der Waals surface area contributed by atoms with Crippen molar-refractivity contribution in [3.8, 4) is 17.2 Å². The highest BCUT2D eigenvalue weighted by Gasteiger charge is 2.30. The summed E-state index contributed by atoms with van der Waals surface area (Å²) in [5, 5.41) is 5.32. The van der Waals surface area contributed by atoms with Gasteiger partial charge in [-0.05, 0) is 49.1 Å². The fraction of sp³-hybridized carbons (Fsp3) is 0.355. The van der Waals surface area contributed by atoms with Crippen molar-refractivity contribution in [1.29, 1.82) is 0 Å². The first-order valence-corrected chi connectivity index (χ1v) is 14.0. The quantitative estimate of drug-likeness (QED) is 0.325. The molecule has 2 aliphatic rings. The van der Waals surface area contributed by atoms with Gasteiger partial charge in [0.1, 0.15) is 16.8 Å². The van der Waals surface area contributed by atoms with Crippen molar-refractivity contribution in [3.63, 3.8) is 0 Å². The lowest BCUT2D eigenvalue weighted by atomic mass is 10.0. The van der Waals surface area contributed by atoms with Crippen LogP contribution in [0.2, 0.25) is 0 Å². The van der Waals surface area contributed by atoms with E-state index in [1.54, 1.807) is 11.1 Å². The summed E-state index contributed by atoms with van der Waals surface area (Å²) in [6.07, 6.45) is 1.61. The average Bonchev–Trinajstić information content (AvgIpc) is 2.97. The topological polar surface area (TPSA) is 70.1 Å². The van der Waals surface area contributed by atoms with Gasteiger partial charge in [-0.1, -0.05) is 38.1 Å². The van der Waals surface area contributed by atoms with Gasteiger partial charge in [0.25, 0.3) is 5.91 Å². The number of hydrogen-bond acceptors (Lipinski definition) is 6.